The molecule has 0 saturated heterocycles. The number of aliphatic hydroxyl groups is 1. The van der Waals surface area contributed by atoms with E-state index >= 15 is 0 Å². The van der Waals surface area contributed by atoms with Gasteiger partial charge >= 0.3 is 0 Å². The SMILES string of the molecule is CCCN(CCO)CC(=O)Nc1ccncc1. The van der Waals surface area contributed by atoms with Crippen LogP contribution in [-0.2, 0) is 4.79 Å². The molecule has 0 fully saturated rings. The normalized spacial score (nSPS) is 10.5. The third-order valence-electron chi connectivity index (χ3n) is 2.29. The Balaban J connectivity index is 2.42. The fourth-order valence-corrected chi connectivity index (χ4v) is 1.57. The lowest BCUT2D eigenvalue weighted by Crippen LogP contribution is -2.35. The van der Waals surface area contributed by atoms with Crippen molar-refractivity contribution in [3.05, 3.63) is 24.5 Å². The van der Waals surface area contributed by atoms with Crippen molar-refractivity contribution < 1.29 is 9.90 Å². The van der Waals surface area contributed by atoms with Crippen molar-refractivity contribution in [2.24, 2.45) is 0 Å². The molecular weight excluding hydrogens is 218 g/mol. The van der Waals surface area contributed by atoms with Crippen molar-refractivity contribution in [1.29, 1.82) is 0 Å². The summed E-state index contributed by atoms with van der Waals surface area (Å²) in [7, 11) is 0. The average Bonchev–Trinajstić information content (AvgIpc) is 2.30. The number of anilines is 1. The number of nitrogens with one attached hydrogen (secondary N) is 1. The Kier molecular flexibility index (Phi) is 6.21. The van der Waals surface area contributed by atoms with E-state index in [0.717, 1.165) is 18.7 Å². The molecule has 0 radical (unpaired) electrons. The minimum atomic E-state index is -0.0712. The molecule has 0 aliphatic rings. The first-order chi connectivity index (χ1) is 8.26. The summed E-state index contributed by atoms with van der Waals surface area (Å²) in [6.45, 7) is 3.76. The molecule has 0 atom stereocenters. The number of aromatic nitrogens is 1. The van der Waals surface area contributed by atoms with Crippen LogP contribution in [0.25, 0.3) is 0 Å². The lowest BCUT2D eigenvalue weighted by atomic mass is 10.3. The number of nitrogens with zero attached hydrogens (tertiary/aromatic N) is 2. The Labute approximate surface area is 101 Å². The van der Waals surface area contributed by atoms with Crippen LogP contribution in [0.3, 0.4) is 0 Å². The van der Waals surface area contributed by atoms with Crippen LogP contribution in [0.2, 0.25) is 0 Å². The number of aliphatic hydroxyl groups excluding tert-OH is 1. The van der Waals surface area contributed by atoms with Crippen LogP contribution in [0.5, 0.6) is 0 Å². The van der Waals surface area contributed by atoms with E-state index in [0.29, 0.717) is 13.1 Å². The number of rotatable bonds is 7. The van der Waals surface area contributed by atoms with Crippen LogP contribution in [-0.4, -0.2) is 47.1 Å². The minimum absolute atomic E-state index is 0.0712. The average molecular weight is 237 g/mol. The van der Waals surface area contributed by atoms with Crippen molar-refractivity contribution in [3.8, 4) is 0 Å². The molecule has 1 heterocycles. The molecule has 2 N–H and O–H groups in total. The van der Waals surface area contributed by atoms with Crippen LogP contribution < -0.4 is 5.32 Å². The second-order valence-corrected chi connectivity index (χ2v) is 3.78. The van der Waals surface area contributed by atoms with Crippen molar-refractivity contribution in [2.75, 3.05) is 31.6 Å². The first-order valence-corrected chi connectivity index (χ1v) is 5.79. The quantitative estimate of drug-likeness (QED) is 0.733. The van der Waals surface area contributed by atoms with Crippen LogP contribution >= 0.6 is 0 Å². The standard InChI is InChI=1S/C12H19N3O2/c1-2-7-15(8-9-16)10-12(17)14-11-3-5-13-6-4-11/h3-6,16H,2,7-10H2,1H3,(H,13,14,17). The number of carbonyl (C=O) groups excluding carboxylic acids is 1. The zero-order chi connectivity index (χ0) is 12.5. The third kappa shape index (κ3) is 5.42. The van der Waals surface area contributed by atoms with E-state index in [1.807, 2.05) is 11.8 Å². The Hall–Kier alpha value is -1.46. The van der Waals surface area contributed by atoms with E-state index in [1.54, 1.807) is 24.5 Å². The molecule has 1 aromatic rings. The lowest BCUT2D eigenvalue weighted by Gasteiger charge is -2.19. The molecule has 1 aromatic heterocycles. The fraction of sp³-hybridized carbons (Fsp3) is 0.500. The van der Waals surface area contributed by atoms with Gasteiger partial charge in [-0.1, -0.05) is 6.92 Å². The third-order valence-corrected chi connectivity index (χ3v) is 2.29. The van der Waals surface area contributed by atoms with E-state index in [2.05, 4.69) is 10.3 Å². The smallest absolute Gasteiger partial charge is 0.238 e. The highest BCUT2D eigenvalue weighted by atomic mass is 16.3. The van der Waals surface area contributed by atoms with Crippen molar-refractivity contribution in [2.45, 2.75) is 13.3 Å². The molecule has 0 spiro atoms. The maximum Gasteiger partial charge on any atom is 0.238 e. The second kappa shape index (κ2) is 7.76. The van der Waals surface area contributed by atoms with Gasteiger partial charge in [-0.15, -0.1) is 0 Å². The Bertz CT molecular complexity index is 324. The van der Waals surface area contributed by atoms with E-state index in [-0.39, 0.29) is 12.5 Å². The highest BCUT2D eigenvalue weighted by Gasteiger charge is 2.09. The monoisotopic (exact) mass is 237 g/mol. The van der Waals surface area contributed by atoms with Gasteiger partial charge < -0.3 is 10.4 Å². The minimum Gasteiger partial charge on any atom is -0.395 e. The Morgan fingerprint density at radius 3 is 2.71 bits per heavy atom. The van der Waals surface area contributed by atoms with Crippen molar-refractivity contribution >= 4 is 11.6 Å². The summed E-state index contributed by atoms with van der Waals surface area (Å²) in [5, 5.41) is 11.7. The van der Waals surface area contributed by atoms with E-state index in [1.165, 1.54) is 0 Å². The molecular formula is C12H19N3O2. The number of hydrogen-bond acceptors (Lipinski definition) is 4. The van der Waals surface area contributed by atoms with Gasteiger partial charge in [-0.3, -0.25) is 14.7 Å². The number of pyridine rings is 1. The van der Waals surface area contributed by atoms with Crippen LogP contribution in [0.1, 0.15) is 13.3 Å². The topological polar surface area (TPSA) is 65.5 Å². The second-order valence-electron chi connectivity index (χ2n) is 3.78. The zero-order valence-corrected chi connectivity index (χ0v) is 10.1. The van der Waals surface area contributed by atoms with Gasteiger partial charge in [0.1, 0.15) is 0 Å². The zero-order valence-electron chi connectivity index (χ0n) is 10.1. The molecule has 1 rings (SSSR count). The molecule has 0 bridgehead atoms. The number of hydrogen-bond donors (Lipinski definition) is 2. The van der Waals surface area contributed by atoms with Crippen LogP contribution in [0.4, 0.5) is 5.69 Å². The summed E-state index contributed by atoms with van der Waals surface area (Å²) in [6.07, 6.45) is 4.23. The van der Waals surface area contributed by atoms with E-state index in [9.17, 15) is 4.79 Å². The fourth-order valence-electron chi connectivity index (χ4n) is 1.57. The first-order valence-electron chi connectivity index (χ1n) is 5.79. The predicted molar refractivity (Wildman–Crippen MR) is 66.7 cm³/mol. The van der Waals surface area contributed by atoms with Crippen molar-refractivity contribution in [1.82, 2.24) is 9.88 Å². The number of amides is 1. The summed E-state index contributed by atoms with van der Waals surface area (Å²) in [6, 6.07) is 3.49. The van der Waals surface area contributed by atoms with Crippen molar-refractivity contribution in [3.63, 3.8) is 0 Å². The molecule has 0 aromatic carbocycles. The summed E-state index contributed by atoms with van der Waals surface area (Å²) >= 11 is 0. The van der Waals surface area contributed by atoms with Crippen LogP contribution in [0, 0.1) is 0 Å². The van der Waals surface area contributed by atoms with E-state index in [4.69, 9.17) is 5.11 Å². The van der Waals surface area contributed by atoms with Gasteiger partial charge in [0.2, 0.25) is 5.91 Å². The summed E-state index contributed by atoms with van der Waals surface area (Å²) in [5.41, 5.74) is 0.741. The van der Waals surface area contributed by atoms with E-state index < -0.39 is 0 Å². The molecule has 0 aliphatic carbocycles. The maximum atomic E-state index is 11.7. The van der Waals surface area contributed by atoms with Gasteiger partial charge in [0, 0.05) is 24.6 Å². The maximum absolute atomic E-state index is 11.7. The van der Waals surface area contributed by atoms with Gasteiger partial charge in [0.05, 0.1) is 13.2 Å². The van der Waals surface area contributed by atoms with Gasteiger partial charge in [0.25, 0.3) is 0 Å². The Morgan fingerprint density at radius 1 is 1.41 bits per heavy atom. The Morgan fingerprint density at radius 2 is 2.12 bits per heavy atom. The molecule has 1 amide bonds. The van der Waals surface area contributed by atoms with Crippen LogP contribution in [0.15, 0.2) is 24.5 Å². The molecule has 94 valence electrons. The summed E-state index contributed by atoms with van der Waals surface area (Å²) < 4.78 is 0. The highest BCUT2D eigenvalue weighted by molar-refractivity contribution is 5.92. The summed E-state index contributed by atoms with van der Waals surface area (Å²) in [5.74, 6) is -0.0712. The largest absolute Gasteiger partial charge is 0.395 e. The molecule has 0 aliphatic heterocycles. The summed E-state index contributed by atoms with van der Waals surface area (Å²) in [4.78, 5) is 17.5. The van der Waals surface area contributed by atoms with Gasteiger partial charge in [-0.2, -0.15) is 0 Å². The van der Waals surface area contributed by atoms with Gasteiger partial charge in [0.15, 0.2) is 0 Å². The first kappa shape index (κ1) is 13.6. The van der Waals surface area contributed by atoms with Gasteiger partial charge in [-0.25, -0.2) is 0 Å². The predicted octanol–water partition coefficient (Wildman–Crippen LogP) is 0.724. The lowest BCUT2D eigenvalue weighted by molar-refractivity contribution is -0.117. The van der Waals surface area contributed by atoms with Gasteiger partial charge in [-0.05, 0) is 25.1 Å². The molecule has 17 heavy (non-hydrogen) atoms. The number of carbonyl (C=O) groups is 1. The highest BCUT2D eigenvalue weighted by Crippen LogP contribution is 2.03. The molecule has 5 heteroatoms. The molecule has 0 saturated carbocycles. The molecule has 5 nitrogen and oxygen atoms in total. The molecule has 0 unspecified atom stereocenters.